The van der Waals surface area contributed by atoms with Crippen molar-refractivity contribution >= 4 is 27.9 Å². The lowest BCUT2D eigenvalue weighted by molar-refractivity contribution is 0.0984. The van der Waals surface area contributed by atoms with E-state index < -0.39 is 0 Å². The standard InChI is InChI=1S/C16H11N3O2/c20-16(15-9-11-5-1-4-8-14(11)21-15)18-19-10-17-12-6-2-3-7-13(12)19/h1-10H,(H,18,20). The van der Waals surface area contributed by atoms with Crippen LogP contribution in [0.3, 0.4) is 0 Å². The van der Waals surface area contributed by atoms with E-state index in [0.717, 1.165) is 16.4 Å². The first kappa shape index (κ1) is 11.7. The zero-order chi connectivity index (χ0) is 14.2. The number of amides is 1. The predicted octanol–water partition coefficient (Wildman–Crippen LogP) is 3.17. The van der Waals surface area contributed by atoms with Crippen LogP contribution in [0.2, 0.25) is 0 Å². The number of para-hydroxylation sites is 3. The van der Waals surface area contributed by atoms with Gasteiger partial charge < -0.3 is 4.42 Å². The first-order valence-electron chi connectivity index (χ1n) is 6.53. The molecule has 4 aromatic rings. The number of imidazole rings is 1. The van der Waals surface area contributed by atoms with Gasteiger partial charge in [0.05, 0.1) is 11.0 Å². The molecule has 4 rings (SSSR count). The summed E-state index contributed by atoms with van der Waals surface area (Å²) < 4.78 is 7.13. The number of benzene rings is 2. The zero-order valence-corrected chi connectivity index (χ0v) is 11.0. The maximum Gasteiger partial charge on any atom is 0.305 e. The molecule has 1 amide bonds. The first-order valence-corrected chi connectivity index (χ1v) is 6.53. The van der Waals surface area contributed by atoms with E-state index in [2.05, 4.69) is 10.4 Å². The second-order valence-electron chi connectivity index (χ2n) is 4.69. The van der Waals surface area contributed by atoms with Crippen LogP contribution in [0.25, 0.3) is 22.0 Å². The van der Waals surface area contributed by atoms with Gasteiger partial charge in [0.1, 0.15) is 11.9 Å². The molecule has 1 N–H and O–H groups in total. The third kappa shape index (κ3) is 1.95. The number of furan rings is 1. The largest absolute Gasteiger partial charge is 0.451 e. The van der Waals surface area contributed by atoms with Gasteiger partial charge in [-0.05, 0) is 24.3 Å². The highest BCUT2D eigenvalue weighted by Crippen LogP contribution is 2.19. The van der Waals surface area contributed by atoms with Gasteiger partial charge in [-0.25, -0.2) is 9.66 Å². The van der Waals surface area contributed by atoms with Crippen molar-refractivity contribution in [3.63, 3.8) is 0 Å². The van der Waals surface area contributed by atoms with Crippen molar-refractivity contribution in [2.75, 3.05) is 5.43 Å². The number of nitrogens with zero attached hydrogens (tertiary/aromatic N) is 2. The van der Waals surface area contributed by atoms with Gasteiger partial charge in [-0.2, -0.15) is 0 Å². The molecule has 2 heterocycles. The minimum atomic E-state index is -0.311. The molecule has 0 saturated carbocycles. The Hall–Kier alpha value is -3.08. The Morgan fingerprint density at radius 3 is 2.81 bits per heavy atom. The molecule has 5 heteroatoms. The molecule has 2 aromatic heterocycles. The van der Waals surface area contributed by atoms with Crippen molar-refractivity contribution in [1.29, 1.82) is 0 Å². The van der Waals surface area contributed by atoms with E-state index in [0.29, 0.717) is 5.58 Å². The quantitative estimate of drug-likeness (QED) is 0.612. The fourth-order valence-electron chi connectivity index (χ4n) is 2.31. The molecule has 0 aliphatic rings. The molecule has 5 nitrogen and oxygen atoms in total. The minimum Gasteiger partial charge on any atom is -0.451 e. The maximum atomic E-state index is 12.3. The summed E-state index contributed by atoms with van der Waals surface area (Å²) in [5.41, 5.74) is 5.11. The van der Waals surface area contributed by atoms with Crippen LogP contribution in [-0.2, 0) is 0 Å². The second kappa shape index (κ2) is 4.49. The summed E-state index contributed by atoms with van der Waals surface area (Å²) in [6.07, 6.45) is 1.57. The highest BCUT2D eigenvalue weighted by atomic mass is 16.3. The lowest BCUT2D eigenvalue weighted by Gasteiger charge is -2.04. The Bertz CT molecular complexity index is 919. The van der Waals surface area contributed by atoms with Gasteiger partial charge in [0.2, 0.25) is 0 Å². The summed E-state index contributed by atoms with van der Waals surface area (Å²) in [5, 5.41) is 0.901. The van der Waals surface area contributed by atoms with Crippen LogP contribution < -0.4 is 5.43 Å². The van der Waals surface area contributed by atoms with E-state index in [1.165, 1.54) is 0 Å². The van der Waals surface area contributed by atoms with Gasteiger partial charge in [-0.3, -0.25) is 10.2 Å². The van der Waals surface area contributed by atoms with E-state index in [-0.39, 0.29) is 11.7 Å². The molecule has 0 bridgehead atoms. The fraction of sp³-hybridized carbons (Fsp3) is 0. The molecular weight excluding hydrogens is 266 g/mol. The number of hydrogen-bond donors (Lipinski definition) is 1. The summed E-state index contributed by atoms with van der Waals surface area (Å²) in [6, 6.07) is 16.8. The highest BCUT2D eigenvalue weighted by Gasteiger charge is 2.13. The molecule has 0 unspecified atom stereocenters. The van der Waals surface area contributed by atoms with E-state index in [1.54, 1.807) is 17.1 Å². The molecule has 21 heavy (non-hydrogen) atoms. The predicted molar refractivity (Wildman–Crippen MR) is 79.6 cm³/mol. The number of carbonyl (C=O) groups excluding carboxylic acids is 1. The van der Waals surface area contributed by atoms with E-state index in [9.17, 15) is 4.79 Å². The Morgan fingerprint density at radius 2 is 1.90 bits per heavy atom. The summed E-state index contributed by atoms with van der Waals surface area (Å²) >= 11 is 0. The van der Waals surface area contributed by atoms with Crippen molar-refractivity contribution < 1.29 is 9.21 Å². The first-order chi connectivity index (χ1) is 10.3. The average molecular weight is 277 g/mol. The van der Waals surface area contributed by atoms with Crippen LogP contribution in [0.4, 0.5) is 0 Å². The van der Waals surface area contributed by atoms with Crippen molar-refractivity contribution in [2.45, 2.75) is 0 Å². The SMILES string of the molecule is O=C(Nn1cnc2ccccc21)c1cc2ccccc2o1. The van der Waals surface area contributed by atoms with Crippen LogP contribution in [0, 0.1) is 0 Å². The van der Waals surface area contributed by atoms with Gasteiger partial charge in [-0.1, -0.05) is 30.3 Å². The number of carbonyl (C=O) groups is 1. The topological polar surface area (TPSA) is 60.1 Å². The van der Waals surface area contributed by atoms with Crippen LogP contribution in [0.1, 0.15) is 10.6 Å². The summed E-state index contributed by atoms with van der Waals surface area (Å²) in [7, 11) is 0. The third-order valence-electron chi connectivity index (χ3n) is 3.32. The maximum absolute atomic E-state index is 12.3. The van der Waals surface area contributed by atoms with Crippen LogP contribution in [0.15, 0.2) is 65.3 Å². The Labute approximate surface area is 119 Å². The second-order valence-corrected chi connectivity index (χ2v) is 4.69. The van der Waals surface area contributed by atoms with Crippen molar-refractivity contribution in [3.8, 4) is 0 Å². The van der Waals surface area contributed by atoms with Crippen LogP contribution >= 0.6 is 0 Å². The number of fused-ring (bicyclic) bond motifs is 2. The highest BCUT2D eigenvalue weighted by molar-refractivity contribution is 6.01. The Kier molecular flexibility index (Phi) is 2.50. The van der Waals surface area contributed by atoms with Gasteiger partial charge in [0.15, 0.2) is 5.76 Å². The average Bonchev–Trinajstić information content (AvgIpc) is 3.11. The Balaban J connectivity index is 1.69. The smallest absolute Gasteiger partial charge is 0.305 e. The molecule has 102 valence electrons. The van der Waals surface area contributed by atoms with Gasteiger partial charge in [0.25, 0.3) is 0 Å². The lowest BCUT2D eigenvalue weighted by Crippen LogP contribution is -2.21. The van der Waals surface area contributed by atoms with E-state index in [4.69, 9.17) is 4.42 Å². The normalized spacial score (nSPS) is 11.0. The summed E-state index contributed by atoms with van der Waals surface area (Å²) in [5.74, 6) is -0.0386. The molecule has 2 aromatic carbocycles. The van der Waals surface area contributed by atoms with Crippen molar-refractivity contribution in [1.82, 2.24) is 9.66 Å². The molecule has 0 atom stereocenters. The van der Waals surface area contributed by atoms with Crippen LogP contribution in [0.5, 0.6) is 0 Å². The molecule has 0 aliphatic carbocycles. The molecule has 0 spiro atoms. The minimum absolute atomic E-state index is 0.272. The number of nitrogens with one attached hydrogen (secondary N) is 1. The lowest BCUT2D eigenvalue weighted by atomic mass is 10.2. The van der Waals surface area contributed by atoms with E-state index >= 15 is 0 Å². The van der Waals surface area contributed by atoms with E-state index in [1.807, 2.05) is 48.5 Å². The fourth-order valence-corrected chi connectivity index (χ4v) is 2.31. The molecular formula is C16H11N3O2. The number of rotatable bonds is 2. The molecule has 0 saturated heterocycles. The van der Waals surface area contributed by atoms with Gasteiger partial charge in [-0.15, -0.1) is 0 Å². The summed E-state index contributed by atoms with van der Waals surface area (Å²) in [6.45, 7) is 0. The Morgan fingerprint density at radius 1 is 1.10 bits per heavy atom. The molecule has 0 fully saturated rings. The zero-order valence-electron chi connectivity index (χ0n) is 11.0. The monoisotopic (exact) mass is 277 g/mol. The molecule has 0 radical (unpaired) electrons. The van der Waals surface area contributed by atoms with Gasteiger partial charge >= 0.3 is 5.91 Å². The van der Waals surface area contributed by atoms with Crippen LogP contribution in [-0.4, -0.2) is 15.6 Å². The number of aromatic nitrogens is 2. The van der Waals surface area contributed by atoms with Crippen molar-refractivity contribution in [3.05, 3.63) is 66.7 Å². The summed E-state index contributed by atoms with van der Waals surface area (Å²) in [4.78, 5) is 16.5. The number of hydrogen-bond acceptors (Lipinski definition) is 3. The van der Waals surface area contributed by atoms with Crippen molar-refractivity contribution in [2.24, 2.45) is 0 Å². The molecule has 0 aliphatic heterocycles. The van der Waals surface area contributed by atoms with Gasteiger partial charge in [0, 0.05) is 5.39 Å². The third-order valence-corrected chi connectivity index (χ3v) is 3.32.